The van der Waals surface area contributed by atoms with E-state index in [-0.39, 0.29) is 0 Å². The third kappa shape index (κ3) is 4.05. The molecule has 0 saturated carbocycles. The van der Waals surface area contributed by atoms with Crippen LogP contribution in [0, 0.1) is 5.92 Å². The van der Waals surface area contributed by atoms with Crippen LogP contribution < -0.4 is 0 Å². The van der Waals surface area contributed by atoms with E-state index in [1.54, 1.807) is 0 Å². The molecule has 1 aromatic rings. The van der Waals surface area contributed by atoms with E-state index in [0.29, 0.717) is 12.0 Å². The Morgan fingerprint density at radius 2 is 2.19 bits per heavy atom. The van der Waals surface area contributed by atoms with Gasteiger partial charge in [0.05, 0.1) is 25.0 Å². The van der Waals surface area contributed by atoms with Gasteiger partial charge in [0, 0.05) is 44.9 Å². The highest BCUT2D eigenvalue weighted by Gasteiger charge is 2.23. The van der Waals surface area contributed by atoms with E-state index >= 15 is 0 Å². The molecule has 0 radical (unpaired) electrons. The summed E-state index contributed by atoms with van der Waals surface area (Å²) in [4.78, 5) is 2.52. The van der Waals surface area contributed by atoms with E-state index in [9.17, 15) is 0 Å². The Bertz CT molecular complexity index is 421. The lowest BCUT2D eigenvalue weighted by molar-refractivity contribution is -0.0120. The van der Waals surface area contributed by atoms with Crippen molar-refractivity contribution in [3.8, 4) is 0 Å². The molecule has 3 rings (SSSR count). The van der Waals surface area contributed by atoms with Gasteiger partial charge in [-0.2, -0.15) is 5.10 Å². The molecule has 3 heterocycles. The number of nitrogens with zero attached hydrogens (tertiary/aromatic N) is 3. The average molecular weight is 293 g/mol. The fraction of sp³-hybridized carbons (Fsp3) is 0.812. The third-order valence-electron chi connectivity index (χ3n) is 4.62. The van der Waals surface area contributed by atoms with Crippen LogP contribution in [-0.4, -0.2) is 53.7 Å². The van der Waals surface area contributed by atoms with Crippen LogP contribution in [0.15, 0.2) is 12.3 Å². The standard InChI is InChI=1S/C16H27N3O2/c1-2-19-15(3-7-17-19)11-18-8-4-16(5-9-18)21-13-14-6-10-20-12-14/h3,7,14,16H,2,4-6,8-13H2,1H3/t14-/m1/s1. The van der Waals surface area contributed by atoms with Gasteiger partial charge >= 0.3 is 0 Å². The average Bonchev–Trinajstić information content (AvgIpc) is 3.17. The number of aromatic nitrogens is 2. The van der Waals surface area contributed by atoms with Gasteiger partial charge < -0.3 is 9.47 Å². The predicted molar refractivity (Wildman–Crippen MR) is 81.1 cm³/mol. The number of rotatable bonds is 6. The molecule has 2 fully saturated rings. The Labute approximate surface area is 127 Å². The van der Waals surface area contributed by atoms with E-state index < -0.39 is 0 Å². The van der Waals surface area contributed by atoms with Gasteiger partial charge in [-0.3, -0.25) is 9.58 Å². The molecule has 2 aliphatic heterocycles. The molecule has 0 N–H and O–H groups in total. The minimum Gasteiger partial charge on any atom is -0.381 e. The Morgan fingerprint density at radius 1 is 1.33 bits per heavy atom. The topological polar surface area (TPSA) is 39.5 Å². The number of aryl methyl sites for hydroxylation is 1. The molecule has 1 atom stereocenters. The van der Waals surface area contributed by atoms with Gasteiger partial charge in [-0.1, -0.05) is 0 Å². The minimum atomic E-state index is 0.443. The highest BCUT2D eigenvalue weighted by atomic mass is 16.5. The first-order valence-electron chi connectivity index (χ1n) is 8.27. The van der Waals surface area contributed by atoms with Crippen LogP contribution in [0.4, 0.5) is 0 Å². The van der Waals surface area contributed by atoms with E-state index in [0.717, 1.165) is 58.8 Å². The van der Waals surface area contributed by atoms with Gasteiger partial charge in [0.1, 0.15) is 0 Å². The molecular formula is C16H27N3O2. The van der Waals surface area contributed by atoms with Gasteiger partial charge in [-0.15, -0.1) is 0 Å². The maximum Gasteiger partial charge on any atom is 0.0599 e. The fourth-order valence-electron chi connectivity index (χ4n) is 3.23. The largest absolute Gasteiger partial charge is 0.381 e. The van der Waals surface area contributed by atoms with Crippen LogP contribution in [0.5, 0.6) is 0 Å². The van der Waals surface area contributed by atoms with Crippen LogP contribution in [0.25, 0.3) is 0 Å². The number of hydrogen-bond acceptors (Lipinski definition) is 4. The van der Waals surface area contributed by atoms with Crippen molar-refractivity contribution in [3.05, 3.63) is 18.0 Å². The normalized spacial score (nSPS) is 24.7. The number of ether oxygens (including phenoxy) is 2. The van der Waals surface area contributed by atoms with Crippen molar-refractivity contribution in [3.63, 3.8) is 0 Å². The van der Waals surface area contributed by atoms with Gasteiger partial charge in [-0.05, 0) is 32.3 Å². The summed E-state index contributed by atoms with van der Waals surface area (Å²) in [5.41, 5.74) is 1.32. The first-order valence-corrected chi connectivity index (χ1v) is 8.27. The third-order valence-corrected chi connectivity index (χ3v) is 4.62. The van der Waals surface area contributed by atoms with Crippen molar-refractivity contribution >= 4 is 0 Å². The van der Waals surface area contributed by atoms with Crippen molar-refractivity contribution < 1.29 is 9.47 Å². The van der Waals surface area contributed by atoms with E-state index in [1.165, 1.54) is 12.1 Å². The summed E-state index contributed by atoms with van der Waals surface area (Å²) in [6, 6.07) is 2.13. The zero-order valence-corrected chi connectivity index (χ0v) is 13.0. The van der Waals surface area contributed by atoms with Gasteiger partial charge in [-0.25, -0.2) is 0 Å². The van der Waals surface area contributed by atoms with Gasteiger partial charge in [0.25, 0.3) is 0 Å². The van der Waals surface area contributed by atoms with E-state index in [1.807, 2.05) is 6.20 Å². The lowest BCUT2D eigenvalue weighted by atomic mass is 10.1. The van der Waals surface area contributed by atoms with E-state index in [2.05, 4.69) is 27.7 Å². The number of piperidine rings is 1. The Morgan fingerprint density at radius 3 is 2.90 bits per heavy atom. The zero-order valence-electron chi connectivity index (χ0n) is 13.0. The zero-order chi connectivity index (χ0) is 14.5. The summed E-state index contributed by atoms with van der Waals surface area (Å²) in [5, 5.41) is 4.34. The first kappa shape index (κ1) is 15.0. The molecule has 118 valence electrons. The lowest BCUT2D eigenvalue weighted by Gasteiger charge is -2.32. The minimum absolute atomic E-state index is 0.443. The summed E-state index contributed by atoms with van der Waals surface area (Å²) >= 11 is 0. The highest BCUT2D eigenvalue weighted by molar-refractivity contribution is 5.00. The molecule has 0 bridgehead atoms. The van der Waals surface area contributed by atoms with Crippen LogP contribution >= 0.6 is 0 Å². The van der Waals surface area contributed by atoms with Crippen molar-refractivity contribution in [1.82, 2.24) is 14.7 Å². The van der Waals surface area contributed by atoms with Crippen LogP contribution in [0.2, 0.25) is 0 Å². The maximum atomic E-state index is 6.07. The molecule has 2 saturated heterocycles. The molecule has 21 heavy (non-hydrogen) atoms. The summed E-state index contributed by atoms with van der Waals surface area (Å²) in [6.07, 6.45) is 5.80. The van der Waals surface area contributed by atoms with Gasteiger partial charge in [0.2, 0.25) is 0 Å². The molecule has 0 amide bonds. The molecule has 0 spiro atoms. The molecule has 5 heteroatoms. The van der Waals surface area contributed by atoms with Gasteiger partial charge in [0.15, 0.2) is 0 Å². The molecule has 0 aromatic carbocycles. The van der Waals surface area contributed by atoms with Crippen molar-refractivity contribution in [1.29, 1.82) is 0 Å². The monoisotopic (exact) mass is 293 g/mol. The van der Waals surface area contributed by atoms with Crippen molar-refractivity contribution in [2.45, 2.75) is 45.4 Å². The Hall–Kier alpha value is -0.910. The molecule has 0 aliphatic carbocycles. The molecular weight excluding hydrogens is 266 g/mol. The fourth-order valence-corrected chi connectivity index (χ4v) is 3.23. The van der Waals surface area contributed by atoms with Crippen molar-refractivity contribution in [2.24, 2.45) is 5.92 Å². The van der Waals surface area contributed by atoms with Crippen LogP contribution in [0.1, 0.15) is 31.9 Å². The summed E-state index contributed by atoms with van der Waals surface area (Å²) in [5.74, 6) is 0.627. The number of hydrogen-bond donors (Lipinski definition) is 0. The molecule has 0 unspecified atom stereocenters. The second-order valence-corrected chi connectivity index (χ2v) is 6.18. The first-order chi connectivity index (χ1) is 10.3. The second-order valence-electron chi connectivity index (χ2n) is 6.18. The lowest BCUT2D eigenvalue weighted by Crippen LogP contribution is -2.37. The van der Waals surface area contributed by atoms with Crippen LogP contribution in [-0.2, 0) is 22.6 Å². The second kappa shape index (κ2) is 7.38. The number of likely N-dealkylation sites (tertiary alicyclic amines) is 1. The van der Waals surface area contributed by atoms with Crippen LogP contribution in [0.3, 0.4) is 0 Å². The maximum absolute atomic E-state index is 6.07. The summed E-state index contributed by atoms with van der Waals surface area (Å²) in [6.45, 7) is 9.04. The van der Waals surface area contributed by atoms with Crippen molar-refractivity contribution in [2.75, 3.05) is 32.9 Å². The Kier molecular flexibility index (Phi) is 5.27. The van der Waals surface area contributed by atoms with E-state index in [4.69, 9.17) is 9.47 Å². The molecule has 5 nitrogen and oxygen atoms in total. The highest BCUT2D eigenvalue weighted by Crippen LogP contribution is 2.19. The summed E-state index contributed by atoms with van der Waals surface area (Å²) in [7, 11) is 0. The smallest absolute Gasteiger partial charge is 0.0599 e. The Balaban J connectivity index is 1.38. The molecule has 2 aliphatic rings. The molecule has 1 aromatic heterocycles. The quantitative estimate of drug-likeness (QED) is 0.803. The predicted octanol–water partition coefficient (Wildman–Crippen LogP) is 1.92. The SMILES string of the molecule is CCn1nccc1CN1CCC(OC[C@@H]2CCOC2)CC1. The summed E-state index contributed by atoms with van der Waals surface area (Å²) < 4.78 is 13.6.